The Morgan fingerprint density at radius 2 is 1.76 bits per heavy atom. The van der Waals surface area contributed by atoms with Gasteiger partial charge in [0.15, 0.2) is 0 Å². The lowest BCUT2D eigenvalue weighted by atomic mass is 10.0. The molecule has 1 aliphatic heterocycles. The number of hydrogen-bond donors (Lipinski definition) is 2. The molecule has 0 spiro atoms. The SMILES string of the molecule is CCN(Cc1ccccc1)C(=O)CNC(=O)C1CCCN1C(=O)c1ccc2ccccc2c1O. The molecule has 7 heteroatoms. The van der Waals surface area contributed by atoms with Gasteiger partial charge in [-0.3, -0.25) is 14.4 Å². The van der Waals surface area contributed by atoms with Crippen LogP contribution in [-0.2, 0) is 16.1 Å². The Morgan fingerprint density at radius 1 is 1.03 bits per heavy atom. The molecule has 1 saturated heterocycles. The van der Waals surface area contributed by atoms with E-state index in [4.69, 9.17) is 0 Å². The topological polar surface area (TPSA) is 90.0 Å². The third-order valence-corrected chi connectivity index (χ3v) is 6.31. The summed E-state index contributed by atoms with van der Waals surface area (Å²) in [5.74, 6) is -0.992. The van der Waals surface area contributed by atoms with Crippen LogP contribution in [0, 0.1) is 0 Å². The van der Waals surface area contributed by atoms with Crippen LogP contribution in [0.3, 0.4) is 0 Å². The van der Waals surface area contributed by atoms with Crippen LogP contribution in [0.5, 0.6) is 5.75 Å². The maximum Gasteiger partial charge on any atom is 0.258 e. The zero-order valence-corrected chi connectivity index (χ0v) is 19.2. The Labute approximate surface area is 199 Å². The fourth-order valence-corrected chi connectivity index (χ4v) is 4.44. The standard InChI is InChI=1S/C27H29N3O4/c1-2-29(18-19-9-4-3-5-10-19)24(31)17-28-26(33)23-13-8-16-30(23)27(34)22-15-14-20-11-6-7-12-21(20)25(22)32/h3-7,9-12,14-15,23,32H,2,8,13,16-18H2,1H3,(H,28,33). The highest BCUT2D eigenvalue weighted by atomic mass is 16.3. The highest BCUT2D eigenvalue weighted by Crippen LogP contribution is 2.31. The van der Waals surface area contributed by atoms with Crippen LogP contribution in [0.2, 0.25) is 0 Å². The molecule has 3 aromatic rings. The van der Waals surface area contributed by atoms with E-state index in [-0.39, 0.29) is 35.6 Å². The predicted octanol–water partition coefficient (Wildman–Crippen LogP) is 3.31. The van der Waals surface area contributed by atoms with E-state index in [0.717, 1.165) is 10.9 Å². The normalized spacial score (nSPS) is 15.3. The summed E-state index contributed by atoms with van der Waals surface area (Å²) in [5.41, 5.74) is 1.20. The second kappa shape index (κ2) is 10.4. The van der Waals surface area contributed by atoms with Crippen molar-refractivity contribution in [3.05, 3.63) is 77.9 Å². The molecule has 0 radical (unpaired) electrons. The molecule has 1 atom stereocenters. The smallest absolute Gasteiger partial charge is 0.258 e. The first-order chi connectivity index (χ1) is 16.5. The minimum Gasteiger partial charge on any atom is -0.506 e. The molecule has 0 aliphatic carbocycles. The summed E-state index contributed by atoms with van der Waals surface area (Å²) in [7, 11) is 0. The van der Waals surface area contributed by atoms with Gasteiger partial charge in [-0.15, -0.1) is 0 Å². The molecule has 1 aliphatic rings. The highest BCUT2D eigenvalue weighted by molar-refractivity contribution is 6.05. The molecule has 1 fully saturated rings. The summed E-state index contributed by atoms with van der Waals surface area (Å²) in [6.45, 7) is 3.20. The van der Waals surface area contributed by atoms with Gasteiger partial charge in [0.1, 0.15) is 11.8 Å². The van der Waals surface area contributed by atoms with Gasteiger partial charge < -0.3 is 20.2 Å². The zero-order valence-electron chi connectivity index (χ0n) is 19.2. The number of carbonyl (C=O) groups excluding carboxylic acids is 3. The van der Waals surface area contributed by atoms with Crippen LogP contribution >= 0.6 is 0 Å². The third kappa shape index (κ3) is 4.88. The number of rotatable bonds is 7. The van der Waals surface area contributed by atoms with Gasteiger partial charge in [0.05, 0.1) is 12.1 Å². The van der Waals surface area contributed by atoms with Gasteiger partial charge in [-0.25, -0.2) is 0 Å². The number of phenols is 1. The molecule has 34 heavy (non-hydrogen) atoms. The fourth-order valence-electron chi connectivity index (χ4n) is 4.44. The fraction of sp³-hybridized carbons (Fsp3) is 0.296. The van der Waals surface area contributed by atoms with Gasteiger partial charge in [0.2, 0.25) is 11.8 Å². The van der Waals surface area contributed by atoms with Crippen molar-refractivity contribution >= 4 is 28.5 Å². The number of benzene rings is 3. The van der Waals surface area contributed by atoms with Crippen LogP contribution in [0.1, 0.15) is 35.7 Å². The number of nitrogens with one attached hydrogen (secondary N) is 1. The lowest BCUT2D eigenvalue weighted by molar-refractivity contribution is -0.134. The number of carbonyl (C=O) groups is 3. The summed E-state index contributed by atoms with van der Waals surface area (Å²) in [5, 5.41) is 14.8. The van der Waals surface area contributed by atoms with E-state index in [2.05, 4.69) is 5.32 Å². The first-order valence-corrected chi connectivity index (χ1v) is 11.6. The molecule has 176 valence electrons. The van der Waals surface area contributed by atoms with Gasteiger partial charge in [-0.1, -0.05) is 60.7 Å². The molecule has 1 unspecified atom stereocenters. The second-order valence-corrected chi connectivity index (χ2v) is 8.45. The minimum absolute atomic E-state index is 0.0798. The quantitative estimate of drug-likeness (QED) is 0.567. The van der Waals surface area contributed by atoms with Crippen LogP contribution in [-0.4, -0.2) is 58.3 Å². The molecule has 0 aromatic heterocycles. The van der Waals surface area contributed by atoms with Crippen LogP contribution in [0.15, 0.2) is 66.7 Å². The highest BCUT2D eigenvalue weighted by Gasteiger charge is 2.35. The molecule has 2 N–H and O–H groups in total. The van der Waals surface area contributed by atoms with E-state index >= 15 is 0 Å². The molecule has 7 nitrogen and oxygen atoms in total. The van der Waals surface area contributed by atoms with Crippen molar-refractivity contribution in [1.29, 1.82) is 0 Å². The molecule has 0 saturated carbocycles. The Bertz CT molecular complexity index is 1190. The van der Waals surface area contributed by atoms with E-state index in [1.165, 1.54) is 4.90 Å². The number of nitrogens with zero attached hydrogens (tertiary/aromatic N) is 2. The van der Waals surface area contributed by atoms with Crippen LogP contribution in [0.4, 0.5) is 0 Å². The number of fused-ring (bicyclic) bond motifs is 1. The van der Waals surface area contributed by atoms with Crippen LogP contribution < -0.4 is 5.32 Å². The zero-order chi connectivity index (χ0) is 24.1. The van der Waals surface area contributed by atoms with Gasteiger partial charge in [0.25, 0.3) is 5.91 Å². The number of hydrogen-bond acceptors (Lipinski definition) is 4. The average molecular weight is 460 g/mol. The second-order valence-electron chi connectivity index (χ2n) is 8.45. The van der Waals surface area contributed by atoms with Gasteiger partial charge in [0, 0.05) is 25.0 Å². The maximum absolute atomic E-state index is 13.2. The van der Waals surface area contributed by atoms with Crippen molar-refractivity contribution in [2.45, 2.75) is 32.4 Å². The van der Waals surface area contributed by atoms with Gasteiger partial charge in [-0.05, 0) is 36.8 Å². The number of phenolic OH excluding ortho intramolecular Hbond substituents is 1. The Balaban J connectivity index is 1.41. The van der Waals surface area contributed by atoms with E-state index in [0.29, 0.717) is 37.9 Å². The van der Waals surface area contributed by atoms with Crippen LogP contribution in [0.25, 0.3) is 10.8 Å². The molecule has 3 aromatic carbocycles. The van der Waals surface area contributed by atoms with Crippen molar-refractivity contribution in [2.75, 3.05) is 19.6 Å². The predicted molar refractivity (Wildman–Crippen MR) is 130 cm³/mol. The lowest BCUT2D eigenvalue weighted by Crippen LogP contribution is -2.48. The average Bonchev–Trinajstić information content (AvgIpc) is 3.36. The summed E-state index contributed by atoms with van der Waals surface area (Å²) >= 11 is 0. The minimum atomic E-state index is -0.671. The Hall–Kier alpha value is -3.87. The Morgan fingerprint density at radius 3 is 2.53 bits per heavy atom. The van der Waals surface area contributed by atoms with Gasteiger partial charge >= 0.3 is 0 Å². The van der Waals surface area contributed by atoms with E-state index in [9.17, 15) is 19.5 Å². The molecular formula is C27H29N3O4. The molecular weight excluding hydrogens is 430 g/mol. The monoisotopic (exact) mass is 459 g/mol. The number of likely N-dealkylation sites (tertiary alicyclic amines) is 1. The molecule has 0 bridgehead atoms. The molecule has 4 rings (SSSR count). The maximum atomic E-state index is 13.2. The first kappa shape index (κ1) is 23.3. The number of amides is 3. The van der Waals surface area contributed by atoms with Crippen molar-refractivity contribution in [2.24, 2.45) is 0 Å². The first-order valence-electron chi connectivity index (χ1n) is 11.6. The van der Waals surface area contributed by atoms with E-state index < -0.39 is 6.04 Å². The van der Waals surface area contributed by atoms with Gasteiger partial charge in [-0.2, -0.15) is 0 Å². The number of likely N-dealkylation sites (N-methyl/N-ethyl adjacent to an activating group) is 1. The Kier molecular flexibility index (Phi) is 7.11. The summed E-state index contributed by atoms with van der Waals surface area (Å²) < 4.78 is 0. The third-order valence-electron chi connectivity index (χ3n) is 6.31. The van der Waals surface area contributed by atoms with Crippen molar-refractivity contribution in [3.8, 4) is 5.75 Å². The largest absolute Gasteiger partial charge is 0.506 e. The summed E-state index contributed by atoms with van der Waals surface area (Å²) in [4.78, 5) is 42.0. The number of aromatic hydroxyl groups is 1. The van der Waals surface area contributed by atoms with E-state index in [1.807, 2.05) is 49.4 Å². The molecule has 3 amide bonds. The van der Waals surface area contributed by atoms with E-state index in [1.54, 1.807) is 29.2 Å². The van der Waals surface area contributed by atoms with Crippen molar-refractivity contribution < 1.29 is 19.5 Å². The molecule has 1 heterocycles. The van der Waals surface area contributed by atoms with Crippen molar-refractivity contribution in [1.82, 2.24) is 15.1 Å². The lowest BCUT2D eigenvalue weighted by Gasteiger charge is -2.25. The van der Waals surface area contributed by atoms with Crippen molar-refractivity contribution in [3.63, 3.8) is 0 Å². The summed E-state index contributed by atoms with van der Waals surface area (Å²) in [6.07, 6.45) is 1.20. The summed E-state index contributed by atoms with van der Waals surface area (Å²) in [6, 6.07) is 19.7.